The number of nitrogens with one attached hydrogen (secondary N) is 3. The van der Waals surface area contributed by atoms with E-state index in [1.807, 2.05) is 18.2 Å². The van der Waals surface area contributed by atoms with Gasteiger partial charge in [-0.3, -0.25) is 0 Å². The molecule has 0 atom stereocenters. The summed E-state index contributed by atoms with van der Waals surface area (Å²) in [6.45, 7) is 7.02. The highest BCUT2D eigenvalue weighted by Crippen LogP contribution is 2.25. The summed E-state index contributed by atoms with van der Waals surface area (Å²) in [6.07, 6.45) is 0.876. The van der Waals surface area contributed by atoms with E-state index in [0.29, 0.717) is 5.11 Å². The number of rotatable bonds is 4. The molecule has 2 aromatic carbocycles. The molecule has 0 bridgehead atoms. The summed E-state index contributed by atoms with van der Waals surface area (Å²) in [4.78, 5) is 3.41. The maximum absolute atomic E-state index is 6.14. The molecule has 0 saturated heterocycles. The first-order chi connectivity index (χ1) is 11.9. The van der Waals surface area contributed by atoms with Gasteiger partial charge in [0.15, 0.2) is 5.11 Å². The van der Waals surface area contributed by atoms with Crippen molar-refractivity contribution in [2.24, 2.45) is 0 Å². The summed E-state index contributed by atoms with van der Waals surface area (Å²) >= 11 is 11.6. The van der Waals surface area contributed by atoms with Crippen molar-refractivity contribution in [3.05, 3.63) is 63.8 Å². The third-order valence-electron chi connectivity index (χ3n) is 4.37. The smallest absolute Gasteiger partial charge is 0.170 e. The number of aromatic nitrogens is 1. The molecule has 3 nitrogen and oxygen atoms in total. The van der Waals surface area contributed by atoms with Crippen LogP contribution in [0.25, 0.3) is 10.9 Å². The molecule has 1 heterocycles. The Kier molecular flexibility index (Phi) is 5.30. The van der Waals surface area contributed by atoms with Crippen LogP contribution in [0.15, 0.2) is 36.4 Å². The van der Waals surface area contributed by atoms with Gasteiger partial charge in [0.05, 0.1) is 0 Å². The number of halogens is 1. The van der Waals surface area contributed by atoms with Gasteiger partial charge in [0, 0.05) is 33.9 Å². The van der Waals surface area contributed by atoms with Crippen molar-refractivity contribution in [1.82, 2.24) is 10.3 Å². The van der Waals surface area contributed by atoms with Crippen LogP contribution in [-0.2, 0) is 6.42 Å². The summed E-state index contributed by atoms with van der Waals surface area (Å²) in [7, 11) is 0. The zero-order valence-electron chi connectivity index (χ0n) is 14.7. The van der Waals surface area contributed by atoms with E-state index in [1.54, 1.807) is 0 Å². The van der Waals surface area contributed by atoms with Crippen molar-refractivity contribution in [3.8, 4) is 0 Å². The molecule has 0 saturated carbocycles. The Labute approximate surface area is 158 Å². The maximum Gasteiger partial charge on any atom is 0.170 e. The summed E-state index contributed by atoms with van der Waals surface area (Å²) in [5.74, 6) is 0. The maximum atomic E-state index is 6.14. The SMILES string of the molecule is Cc1ccc(NC(=S)NCCc2c(C)[nH]c3ccc(Cl)cc23)c(C)c1. The first-order valence-corrected chi connectivity index (χ1v) is 9.11. The van der Waals surface area contributed by atoms with Gasteiger partial charge in [-0.1, -0.05) is 29.3 Å². The monoisotopic (exact) mass is 371 g/mol. The average Bonchev–Trinajstić information content (AvgIpc) is 2.86. The van der Waals surface area contributed by atoms with Gasteiger partial charge in [0.25, 0.3) is 0 Å². The molecule has 0 aliphatic carbocycles. The number of hydrogen-bond acceptors (Lipinski definition) is 1. The second kappa shape index (κ2) is 7.46. The fraction of sp³-hybridized carbons (Fsp3) is 0.250. The van der Waals surface area contributed by atoms with E-state index in [-0.39, 0.29) is 0 Å². The summed E-state index contributed by atoms with van der Waals surface area (Å²) in [5, 5.41) is 9.14. The van der Waals surface area contributed by atoms with Crippen LogP contribution in [0.3, 0.4) is 0 Å². The van der Waals surface area contributed by atoms with E-state index < -0.39 is 0 Å². The second-order valence-corrected chi connectivity index (χ2v) is 7.21. The van der Waals surface area contributed by atoms with E-state index in [2.05, 4.69) is 54.6 Å². The molecule has 3 rings (SSSR count). The standard InChI is InChI=1S/C20H22ClN3S/c1-12-4-6-18(13(2)10-12)24-20(25)22-9-8-16-14(3)23-19-7-5-15(21)11-17(16)19/h4-7,10-11,23H,8-9H2,1-3H3,(H2,22,24,25). The topological polar surface area (TPSA) is 39.8 Å². The number of thiocarbonyl (C=S) groups is 1. The molecule has 0 amide bonds. The van der Waals surface area contributed by atoms with Crippen LogP contribution in [0.5, 0.6) is 0 Å². The molecule has 3 N–H and O–H groups in total. The molecule has 5 heteroatoms. The van der Waals surface area contributed by atoms with Gasteiger partial charge in [0.1, 0.15) is 0 Å². The molecule has 0 unspecified atom stereocenters. The lowest BCUT2D eigenvalue weighted by molar-refractivity contribution is 0.871. The molecule has 0 aliphatic rings. The van der Waals surface area contributed by atoms with Crippen molar-refractivity contribution in [2.45, 2.75) is 27.2 Å². The fourth-order valence-electron chi connectivity index (χ4n) is 3.10. The van der Waals surface area contributed by atoms with Crippen LogP contribution >= 0.6 is 23.8 Å². The van der Waals surface area contributed by atoms with Gasteiger partial charge in [-0.2, -0.15) is 0 Å². The number of H-pyrrole nitrogens is 1. The third kappa shape index (κ3) is 4.14. The largest absolute Gasteiger partial charge is 0.362 e. The van der Waals surface area contributed by atoms with E-state index in [0.717, 1.165) is 29.2 Å². The predicted molar refractivity (Wildman–Crippen MR) is 112 cm³/mol. The number of benzene rings is 2. The van der Waals surface area contributed by atoms with Gasteiger partial charge < -0.3 is 15.6 Å². The molecule has 3 aromatic rings. The second-order valence-electron chi connectivity index (χ2n) is 6.37. The van der Waals surface area contributed by atoms with E-state index in [1.165, 1.54) is 27.8 Å². The first-order valence-electron chi connectivity index (χ1n) is 8.33. The van der Waals surface area contributed by atoms with Gasteiger partial charge in [-0.15, -0.1) is 0 Å². The van der Waals surface area contributed by atoms with E-state index >= 15 is 0 Å². The molecule has 0 aliphatic heterocycles. The highest BCUT2D eigenvalue weighted by molar-refractivity contribution is 7.80. The Hall–Kier alpha value is -2.04. The first kappa shape index (κ1) is 17.8. The number of aryl methyl sites for hydroxylation is 3. The lowest BCUT2D eigenvalue weighted by Crippen LogP contribution is -2.30. The minimum absolute atomic E-state index is 0.641. The lowest BCUT2D eigenvalue weighted by Gasteiger charge is -2.13. The molecule has 1 aromatic heterocycles. The van der Waals surface area contributed by atoms with Crippen LogP contribution in [0.2, 0.25) is 5.02 Å². The quantitative estimate of drug-likeness (QED) is 0.547. The Morgan fingerprint density at radius 2 is 1.92 bits per heavy atom. The molecular weight excluding hydrogens is 350 g/mol. The highest BCUT2D eigenvalue weighted by Gasteiger charge is 2.09. The fourth-order valence-corrected chi connectivity index (χ4v) is 3.48. The van der Waals surface area contributed by atoms with E-state index in [9.17, 15) is 0 Å². The molecule has 0 spiro atoms. The Morgan fingerprint density at radius 1 is 1.12 bits per heavy atom. The molecular formula is C20H22ClN3S. The Bertz CT molecular complexity index is 930. The molecule has 130 valence electrons. The Balaban J connectivity index is 1.62. The minimum Gasteiger partial charge on any atom is -0.362 e. The summed E-state index contributed by atoms with van der Waals surface area (Å²) in [6, 6.07) is 12.2. The normalized spacial score (nSPS) is 10.9. The van der Waals surface area contributed by atoms with Crippen LogP contribution in [-0.4, -0.2) is 16.6 Å². The zero-order valence-corrected chi connectivity index (χ0v) is 16.2. The third-order valence-corrected chi connectivity index (χ3v) is 4.85. The Morgan fingerprint density at radius 3 is 2.68 bits per heavy atom. The van der Waals surface area contributed by atoms with Crippen LogP contribution in [0.4, 0.5) is 5.69 Å². The number of fused-ring (bicyclic) bond motifs is 1. The van der Waals surface area contributed by atoms with Crippen molar-refractivity contribution < 1.29 is 0 Å². The van der Waals surface area contributed by atoms with E-state index in [4.69, 9.17) is 23.8 Å². The zero-order chi connectivity index (χ0) is 18.0. The molecule has 0 radical (unpaired) electrons. The van der Waals surface area contributed by atoms with Crippen LogP contribution in [0, 0.1) is 20.8 Å². The van der Waals surface area contributed by atoms with Gasteiger partial charge in [-0.25, -0.2) is 0 Å². The van der Waals surface area contributed by atoms with Crippen molar-refractivity contribution in [3.63, 3.8) is 0 Å². The number of aromatic amines is 1. The average molecular weight is 372 g/mol. The van der Waals surface area contributed by atoms with Crippen molar-refractivity contribution in [2.75, 3.05) is 11.9 Å². The number of anilines is 1. The minimum atomic E-state index is 0.641. The van der Waals surface area contributed by atoms with Crippen LogP contribution in [0.1, 0.15) is 22.4 Å². The highest BCUT2D eigenvalue weighted by atomic mass is 35.5. The number of hydrogen-bond donors (Lipinski definition) is 3. The summed E-state index contributed by atoms with van der Waals surface area (Å²) in [5.41, 5.74) is 7.04. The van der Waals surface area contributed by atoms with Crippen molar-refractivity contribution >= 4 is 45.5 Å². The molecule has 0 fully saturated rings. The predicted octanol–water partition coefficient (Wildman–Crippen LogP) is 5.28. The van der Waals surface area contributed by atoms with Gasteiger partial charge in [0.2, 0.25) is 0 Å². The van der Waals surface area contributed by atoms with Crippen LogP contribution < -0.4 is 10.6 Å². The van der Waals surface area contributed by atoms with Crippen molar-refractivity contribution in [1.29, 1.82) is 0 Å². The molecule has 25 heavy (non-hydrogen) atoms. The van der Waals surface area contributed by atoms with Gasteiger partial charge in [-0.05, 0) is 74.8 Å². The van der Waals surface area contributed by atoms with Gasteiger partial charge >= 0.3 is 0 Å². The lowest BCUT2D eigenvalue weighted by atomic mass is 10.1. The summed E-state index contributed by atoms with van der Waals surface area (Å²) < 4.78 is 0.